The molecule has 5 nitrogen and oxygen atoms in total. The van der Waals surface area contributed by atoms with Crippen LogP contribution in [0.3, 0.4) is 0 Å². The van der Waals surface area contributed by atoms with Crippen molar-refractivity contribution in [3.8, 4) is 0 Å². The summed E-state index contributed by atoms with van der Waals surface area (Å²) in [6.07, 6.45) is 0. The van der Waals surface area contributed by atoms with Crippen LogP contribution < -0.4 is 4.90 Å². The number of hydrogen-bond donors (Lipinski definition) is 2. The van der Waals surface area contributed by atoms with Crippen LogP contribution >= 0.6 is 11.6 Å². The van der Waals surface area contributed by atoms with Crippen molar-refractivity contribution in [2.24, 2.45) is 5.92 Å². The van der Waals surface area contributed by atoms with Crippen LogP contribution in [0, 0.1) is 12.8 Å². The molecule has 2 aromatic carbocycles. The van der Waals surface area contributed by atoms with Crippen LogP contribution in [-0.2, 0) is 9.59 Å². The van der Waals surface area contributed by atoms with Crippen molar-refractivity contribution in [1.82, 2.24) is 4.98 Å². The van der Waals surface area contributed by atoms with E-state index in [4.69, 9.17) is 11.6 Å². The van der Waals surface area contributed by atoms with Crippen LogP contribution in [-0.4, -0.2) is 21.8 Å². The Kier molecular flexibility index (Phi) is 4.71. The Morgan fingerprint density at radius 2 is 1.79 bits per heavy atom. The summed E-state index contributed by atoms with van der Waals surface area (Å²) in [5.74, 6) is -1.69. The number of para-hydroxylation sites is 1. The number of carbonyl (C=O) groups is 2. The molecule has 29 heavy (non-hydrogen) atoms. The third kappa shape index (κ3) is 3.02. The van der Waals surface area contributed by atoms with Gasteiger partial charge in [-0.2, -0.15) is 0 Å². The zero-order chi connectivity index (χ0) is 20.9. The van der Waals surface area contributed by atoms with Gasteiger partial charge in [0, 0.05) is 38.8 Å². The molecule has 2 heterocycles. The summed E-state index contributed by atoms with van der Waals surface area (Å²) in [6, 6.07) is 13.8. The number of nitrogens with zero attached hydrogens (tertiary/aromatic N) is 1. The number of ketones is 1. The first-order valence-electron chi connectivity index (χ1n) is 9.45. The van der Waals surface area contributed by atoms with Crippen molar-refractivity contribution >= 4 is 39.9 Å². The Hall–Kier alpha value is -3.05. The summed E-state index contributed by atoms with van der Waals surface area (Å²) in [5, 5.41) is 12.2. The number of halogens is 1. The number of aliphatic hydroxyl groups is 1. The number of aliphatic hydroxyl groups excluding tert-OH is 1. The fourth-order valence-corrected chi connectivity index (χ4v) is 4.09. The number of H-pyrrole nitrogens is 1. The quantitative estimate of drug-likeness (QED) is 0.618. The van der Waals surface area contributed by atoms with E-state index in [1.807, 2.05) is 31.2 Å². The molecule has 2 N–H and O–H groups in total. The predicted molar refractivity (Wildman–Crippen MR) is 114 cm³/mol. The molecule has 0 radical (unpaired) electrons. The van der Waals surface area contributed by atoms with E-state index in [1.165, 1.54) is 4.90 Å². The first-order chi connectivity index (χ1) is 13.8. The van der Waals surface area contributed by atoms with Crippen molar-refractivity contribution in [1.29, 1.82) is 0 Å². The van der Waals surface area contributed by atoms with Gasteiger partial charge >= 0.3 is 0 Å². The minimum absolute atomic E-state index is 0.132. The van der Waals surface area contributed by atoms with Gasteiger partial charge in [0.25, 0.3) is 5.91 Å². The van der Waals surface area contributed by atoms with Crippen LogP contribution in [0.4, 0.5) is 5.69 Å². The number of Topliss-reactive ketones (excluding diaryl/α,β-unsaturated/α-hetero) is 1. The number of amides is 1. The van der Waals surface area contributed by atoms with Crippen molar-refractivity contribution in [3.63, 3.8) is 0 Å². The van der Waals surface area contributed by atoms with Gasteiger partial charge in [0.1, 0.15) is 0 Å². The molecule has 1 amide bonds. The van der Waals surface area contributed by atoms with E-state index in [0.29, 0.717) is 10.7 Å². The van der Waals surface area contributed by atoms with E-state index in [2.05, 4.69) is 4.98 Å². The van der Waals surface area contributed by atoms with Crippen molar-refractivity contribution < 1.29 is 14.7 Å². The van der Waals surface area contributed by atoms with Gasteiger partial charge in [-0.05, 0) is 37.3 Å². The lowest BCUT2D eigenvalue weighted by Crippen LogP contribution is -2.31. The zero-order valence-electron chi connectivity index (χ0n) is 16.4. The SMILES string of the molecule is Cc1[nH]c2ccccc2c1C1C(C(=O)C(C)C)=C(O)C(=O)N1c1ccc(Cl)cc1. The second kappa shape index (κ2) is 7.08. The Balaban J connectivity index is 1.99. The highest BCUT2D eigenvalue weighted by atomic mass is 35.5. The number of carbonyl (C=O) groups excluding carboxylic acids is 2. The molecule has 0 fully saturated rings. The summed E-state index contributed by atoms with van der Waals surface area (Å²) in [5.41, 5.74) is 3.25. The maximum Gasteiger partial charge on any atom is 0.294 e. The molecule has 148 valence electrons. The second-order valence-electron chi connectivity index (χ2n) is 7.54. The van der Waals surface area contributed by atoms with Crippen molar-refractivity contribution in [2.75, 3.05) is 4.90 Å². The smallest absolute Gasteiger partial charge is 0.294 e. The summed E-state index contributed by atoms with van der Waals surface area (Å²) >= 11 is 6.02. The average Bonchev–Trinajstić information content (AvgIpc) is 3.15. The van der Waals surface area contributed by atoms with Crippen LogP contribution in [0.15, 0.2) is 59.9 Å². The second-order valence-corrected chi connectivity index (χ2v) is 7.98. The molecular formula is C23H21ClN2O3. The molecule has 0 saturated carbocycles. The summed E-state index contributed by atoms with van der Waals surface area (Å²) in [6.45, 7) is 5.43. The van der Waals surface area contributed by atoms with Gasteiger partial charge in [0.2, 0.25) is 0 Å². The van der Waals surface area contributed by atoms with E-state index in [0.717, 1.165) is 22.2 Å². The molecule has 0 saturated heterocycles. The molecular weight excluding hydrogens is 388 g/mol. The van der Waals surface area contributed by atoms with Crippen molar-refractivity contribution in [3.05, 3.63) is 76.1 Å². The number of aryl methyl sites for hydroxylation is 1. The molecule has 0 spiro atoms. The van der Waals surface area contributed by atoms with Gasteiger partial charge in [-0.15, -0.1) is 0 Å². The lowest BCUT2D eigenvalue weighted by molar-refractivity contribution is -0.119. The lowest BCUT2D eigenvalue weighted by Gasteiger charge is -2.27. The van der Waals surface area contributed by atoms with Gasteiger partial charge in [-0.25, -0.2) is 0 Å². The highest BCUT2D eigenvalue weighted by Gasteiger charge is 2.46. The fraction of sp³-hybridized carbons (Fsp3) is 0.217. The largest absolute Gasteiger partial charge is 0.503 e. The standard InChI is InChI=1S/C23H21ClN2O3/c1-12(2)21(27)19-20(18-13(3)25-17-7-5-4-6-16(17)18)26(23(29)22(19)28)15-10-8-14(24)9-11-15/h4-12,20,25,28H,1-3H3. The van der Waals surface area contributed by atoms with Crippen LogP contribution in [0.2, 0.25) is 5.02 Å². The molecule has 1 aromatic heterocycles. The summed E-state index contributed by atoms with van der Waals surface area (Å²) < 4.78 is 0. The third-order valence-corrected chi connectivity index (χ3v) is 5.57. The molecule has 1 aliphatic heterocycles. The van der Waals surface area contributed by atoms with E-state index in [9.17, 15) is 14.7 Å². The van der Waals surface area contributed by atoms with Crippen molar-refractivity contribution in [2.45, 2.75) is 26.8 Å². The minimum atomic E-state index is -0.727. The first-order valence-corrected chi connectivity index (χ1v) is 9.82. The molecule has 0 aliphatic carbocycles. The maximum atomic E-state index is 13.1. The van der Waals surface area contributed by atoms with Crippen LogP contribution in [0.5, 0.6) is 0 Å². The summed E-state index contributed by atoms with van der Waals surface area (Å²) in [7, 11) is 0. The molecule has 1 atom stereocenters. The topological polar surface area (TPSA) is 73.4 Å². The van der Waals surface area contributed by atoms with Crippen LogP contribution in [0.25, 0.3) is 10.9 Å². The maximum absolute atomic E-state index is 13.1. The summed E-state index contributed by atoms with van der Waals surface area (Å²) in [4.78, 5) is 31.0. The first kappa shape index (κ1) is 19.3. The Morgan fingerprint density at radius 1 is 1.14 bits per heavy atom. The predicted octanol–water partition coefficient (Wildman–Crippen LogP) is 5.25. The van der Waals surface area contributed by atoms with Gasteiger partial charge in [0.05, 0.1) is 11.6 Å². The highest BCUT2D eigenvalue weighted by Crippen LogP contribution is 2.45. The molecule has 4 rings (SSSR count). The Labute approximate surface area is 173 Å². The molecule has 1 unspecified atom stereocenters. The normalized spacial score (nSPS) is 17.1. The minimum Gasteiger partial charge on any atom is -0.503 e. The number of benzene rings is 2. The molecule has 0 bridgehead atoms. The Bertz CT molecular complexity index is 1160. The molecule has 1 aliphatic rings. The monoisotopic (exact) mass is 408 g/mol. The Morgan fingerprint density at radius 3 is 2.45 bits per heavy atom. The van der Waals surface area contributed by atoms with E-state index < -0.39 is 17.7 Å². The molecule has 3 aromatic rings. The van der Waals surface area contributed by atoms with E-state index >= 15 is 0 Å². The fourth-order valence-electron chi connectivity index (χ4n) is 3.96. The number of aromatic amines is 1. The average molecular weight is 409 g/mol. The van der Waals surface area contributed by atoms with E-state index in [1.54, 1.807) is 38.1 Å². The number of rotatable bonds is 4. The number of anilines is 1. The van der Waals surface area contributed by atoms with Gasteiger partial charge in [0.15, 0.2) is 11.5 Å². The van der Waals surface area contributed by atoms with Crippen LogP contribution in [0.1, 0.15) is 31.1 Å². The third-order valence-electron chi connectivity index (χ3n) is 5.32. The lowest BCUT2D eigenvalue weighted by atomic mass is 9.89. The number of nitrogens with one attached hydrogen (secondary N) is 1. The number of fused-ring (bicyclic) bond motifs is 1. The van der Waals surface area contributed by atoms with Gasteiger partial charge in [-0.1, -0.05) is 43.6 Å². The highest BCUT2D eigenvalue weighted by molar-refractivity contribution is 6.30. The van der Waals surface area contributed by atoms with Gasteiger partial charge in [-0.3, -0.25) is 14.5 Å². The molecule has 6 heteroatoms. The number of aromatic nitrogens is 1. The van der Waals surface area contributed by atoms with E-state index in [-0.39, 0.29) is 17.3 Å². The zero-order valence-corrected chi connectivity index (χ0v) is 17.1. The van der Waals surface area contributed by atoms with Gasteiger partial charge < -0.3 is 10.1 Å². The number of hydrogen-bond acceptors (Lipinski definition) is 3.